The summed E-state index contributed by atoms with van der Waals surface area (Å²) in [5, 5.41) is 14.5. The fraction of sp³-hybridized carbons (Fsp3) is 0.333. The lowest BCUT2D eigenvalue weighted by atomic mass is 10.3. The van der Waals surface area contributed by atoms with Gasteiger partial charge in [0.1, 0.15) is 6.10 Å². The molecule has 0 saturated heterocycles. The SMILES string of the molecule is CC(C)O/N=C/c1ccc[n+]([O-])c1. The van der Waals surface area contributed by atoms with Crippen LogP contribution in [0.2, 0.25) is 0 Å². The van der Waals surface area contributed by atoms with Crippen LogP contribution in [0.5, 0.6) is 0 Å². The summed E-state index contributed by atoms with van der Waals surface area (Å²) in [7, 11) is 0. The molecule has 0 aliphatic heterocycles. The molecule has 0 N–H and O–H groups in total. The maximum Gasteiger partial charge on any atom is 0.189 e. The van der Waals surface area contributed by atoms with Gasteiger partial charge in [-0.3, -0.25) is 0 Å². The zero-order valence-corrected chi connectivity index (χ0v) is 7.68. The third-order valence-electron chi connectivity index (χ3n) is 1.27. The molecule has 0 aliphatic rings. The van der Waals surface area contributed by atoms with Crippen LogP contribution in [0.4, 0.5) is 0 Å². The molecule has 0 bridgehead atoms. The Labute approximate surface area is 77.0 Å². The first-order valence-corrected chi connectivity index (χ1v) is 4.06. The molecular formula is C9H12N2O2. The predicted octanol–water partition coefficient (Wildman–Crippen LogP) is 1.08. The van der Waals surface area contributed by atoms with Crippen molar-refractivity contribution in [1.29, 1.82) is 0 Å². The Balaban J connectivity index is 2.58. The molecule has 0 fully saturated rings. The highest BCUT2D eigenvalue weighted by Gasteiger charge is 1.93. The lowest BCUT2D eigenvalue weighted by molar-refractivity contribution is -0.605. The van der Waals surface area contributed by atoms with Gasteiger partial charge in [0.2, 0.25) is 0 Å². The Bertz CT molecular complexity index is 297. The van der Waals surface area contributed by atoms with Crippen LogP contribution in [0.25, 0.3) is 0 Å². The highest BCUT2D eigenvalue weighted by atomic mass is 16.6. The van der Waals surface area contributed by atoms with E-state index in [1.54, 1.807) is 12.1 Å². The van der Waals surface area contributed by atoms with Crippen molar-refractivity contribution in [2.75, 3.05) is 0 Å². The molecule has 1 rings (SSSR count). The number of rotatable bonds is 3. The number of pyridine rings is 1. The number of oxime groups is 1. The summed E-state index contributed by atoms with van der Waals surface area (Å²) < 4.78 is 0.719. The van der Waals surface area contributed by atoms with Crippen molar-refractivity contribution in [3.63, 3.8) is 0 Å². The zero-order valence-electron chi connectivity index (χ0n) is 7.68. The Hall–Kier alpha value is -1.58. The second kappa shape index (κ2) is 4.45. The fourth-order valence-corrected chi connectivity index (χ4v) is 0.761. The van der Waals surface area contributed by atoms with E-state index in [2.05, 4.69) is 5.16 Å². The molecule has 0 aromatic carbocycles. The van der Waals surface area contributed by atoms with Crippen LogP contribution in [-0.4, -0.2) is 12.3 Å². The predicted molar refractivity (Wildman–Crippen MR) is 49.2 cm³/mol. The van der Waals surface area contributed by atoms with Gasteiger partial charge in [-0.05, 0) is 19.9 Å². The Morgan fingerprint density at radius 3 is 3.00 bits per heavy atom. The van der Waals surface area contributed by atoms with Crippen molar-refractivity contribution in [1.82, 2.24) is 0 Å². The van der Waals surface area contributed by atoms with Gasteiger partial charge in [0, 0.05) is 6.07 Å². The van der Waals surface area contributed by atoms with E-state index in [0.29, 0.717) is 0 Å². The van der Waals surface area contributed by atoms with Crippen LogP contribution >= 0.6 is 0 Å². The van der Waals surface area contributed by atoms with Gasteiger partial charge >= 0.3 is 0 Å². The van der Waals surface area contributed by atoms with Gasteiger partial charge in [-0.2, -0.15) is 4.73 Å². The smallest absolute Gasteiger partial charge is 0.189 e. The lowest BCUT2D eigenvalue weighted by Crippen LogP contribution is -2.24. The molecule has 70 valence electrons. The fourth-order valence-electron chi connectivity index (χ4n) is 0.761. The van der Waals surface area contributed by atoms with Gasteiger partial charge < -0.3 is 10.0 Å². The molecule has 0 amide bonds. The molecule has 0 radical (unpaired) electrons. The van der Waals surface area contributed by atoms with E-state index >= 15 is 0 Å². The third-order valence-corrected chi connectivity index (χ3v) is 1.27. The van der Waals surface area contributed by atoms with Gasteiger partial charge in [0.05, 0.1) is 11.8 Å². The number of hydrogen-bond donors (Lipinski definition) is 0. The van der Waals surface area contributed by atoms with E-state index in [-0.39, 0.29) is 6.10 Å². The van der Waals surface area contributed by atoms with Crippen molar-refractivity contribution >= 4 is 6.21 Å². The quantitative estimate of drug-likeness (QED) is 0.302. The molecule has 1 aromatic rings. The summed E-state index contributed by atoms with van der Waals surface area (Å²) in [5.41, 5.74) is 0.721. The first-order valence-electron chi connectivity index (χ1n) is 4.06. The number of aromatic nitrogens is 1. The molecule has 0 aliphatic carbocycles. The number of hydrogen-bond acceptors (Lipinski definition) is 3. The standard InChI is InChI=1S/C9H12N2O2/c1-8(2)13-10-6-9-4-3-5-11(12)7-9/h3-8H,1-2H3/b10-6+. The molecule has 1 heterocycles. The molecule has 4 nitrogen and oxygen atoms in total. The molecule has 0 atom stereocenters. The summed E-state index contributed by atoms with van der Waals surface area (Å²) >= 11 is 0. The van der Waals surface area contributed by atoms with E-state index in [4.69, 9.17) is 4.84 Å². The average molecular weight is 180 g/mol. The lowest BCUT2D eigenvalue weighted by Gasteiger charge is -2.00. The van der Waals surface area contributed by atoms with E-state index in [1.165, 1.54) is 18.6 Å². The van der Waals surface area contributed by atoms with Crippen LogP contribution in [0.3, 0.4) is 0 Å². The van der Waals surface area contributed by atoms with E-state index < -0.39 is 0 Å². The molecule has 1 aromatic heterocycles. The summed E-state index contributed by atoms with van der Waals surface area (Å²) in [5.74, 6) is 0. The maximum absolute atomic E-state index is 10.8. The minimum Gasteiger partial charge on any atom is -0.619 e. The minimum atomic E-state index is 0.0549. The van der Waals surface area contributed by atoms with E-state index in [0.717, 1.165) is 10.3 Å². The van der Waals surface area contributed by atoms with Crippen molar-refractivity contribution in [3.05, 3.63) is 35.3 Å². The highest BCUT2D eigenvalue weighted by Crippen LogP contribution is 1.92. The monoisotopic (exact) mass is 180 g/mol. The van der Waals surface area contributed by atoms with Gasteiger partial charge in [-0.25, -0.2) is 0 Å². The normalized spacial score (nSPS) is 11.0. The van der Waals surface area contributed by atoms with Crippen molar-refractivity contribution < 1.29 is 9.57 Å². The van der Waals surface area contributed by atoms with Crippen LogP contribution in [0.1, 0.15) is 19.4 Å². The largest absolute Gasteiger partial charge is 0.619 e. The van der Waals surface area contributed by atoms with Crippen LogP contribution in [0.15, 0.2) is 29.7 Å². The van der Waals surface area contributed by atoms with Gasteiger partial charge in [-0.15, -0.1) is 0 Å². The zero-order chi connectivity index (χ0) is 9.68. The van der Waals surface area contributed by atoms with Gasteiger partial charge in [-0.1, -0.05) is 5.16 Å². The van der Waals surface area contributed by atoms with Crippen molar-refractivity contribution in [2.45, 2.75) is 20.0 Å². The van der Waals surface area contributed by atoms with Crippen molar-refractivity contribution in [2.24, 2.45) is 5.16 Å². The average Bonchev–Trinajstić information content (AvgIpc) is 2.03. The second-order valence-electron chi connectivity index (χ2n) is 2.89. The Kier molecular flexibility index (Phi) is 3.25. The molecule has 4 heteroatoms. The van der Waals surface area contributed by atoms with Crippen molar-refractivity contribution in [3.8, 4) is 0 Å². The number of nitrogens with zero attached hydrogens (tertiary/aromatic N) is 2. The Morgan fingerprint density at radius 2 is 2.38 bits per heavy atom. The van der Waals surface area contributed by atoms with Gasteiger partial charge in [0.25, 0.3) is 0 Å². The van der Waals surface area contributed by atoms with Gasteiger partial charge in [0.15, 0.2) is 12.4 Å². The third kappa shape index (κ3) is 3.55. The van der Waals surface area contributed by atoms with Crippen LogP contribution < -0.4 is 4.73 Å². The first kappa shape index (κ1) is 9.51. The Morgan fingerprint density at radius 1 is 1.62 bits per heavy atom. The second-order valence-corrected chi connectivity index (χ2v) is 2.89. The first-order chi connectivity index (χ1) is 6.18. The summed E-state index contributed by atoms with van der Waals surface area (Å²) in [6.45, 7) is 3.77. The van der Waals surface area contributed by atoms with E-state index in [1.807, 2.05) is 13.8 Å². The highest BCUT2D eigenvalue weighted by molar-refractivity contribution is 5.77. The summed E-state index contributed by atoms with van der Waals surface area (Å²) in [6, 6.07) is 3.44. The molecule has 0 saturated carbocycles. The topological polar surface area (TPSA) is 48.5 Å². The molecular weight excluding hydrogens is 168 g/mol. The van der Waals surface area contributed by atoms with Crippen LogP contribution in [-0.2, 0) is 4.84 Å². The maximum atomic E-state index is 10.8. The van der Waals surface area contributed by atoms with Crippen LogP contribution in [0, 0.1) is 5.21 Å². The summed E-state index contributed by atoms with van der Waals surface area (Å²) in [4.78, 5) is 4.94. The molecule has 0 spiro atoms. The summed E-state index contributed by atoms with van der Waals surface area (Å²) in [6.07, 6.45) is 4.40. The minimum absolute atomic E-state index is 0.0549. The molecule has 13 heavy (non-hydrogen) atoms. The molecule has 0 unspecified atom stereocenters. The van der Waals surface area contributed by atoms with E-state index in [9.17, 15) is 5.21 Å².